The highest BCUT2D eigenvalue weighted by atomic mass is 35.5. The van der Waals surface area contributed by atoms with Gasteiger partial charge in [-0.05, 0) is 46.3 Å². The van der Waals surface area contributed by atoms with E-state index in [4.69, 9.17) is 16.3 Å². The highest BCUT2D eigenvalue weighted by molar-refractivity contribution is 8.00. The van der Waals surface area contributed by atoms with Crippen molar-refractivity contribution in [1.82, 2.24) is 30.4 Å². The Morgan fingerprint density at radius 2 is 2.00 bits per heavy atom. The number of amides is 1. The summed E-state index contributed by atoms with van der Waals surface area (Å²) in [6.07, 6.45) is 1.49. The molecule has 0 saturated carbocycles. The molecule has 30 heavy (non-hydrogen) atoms. The van der Waals surface area contributed by atoms with Gasteiger partial charge in [-0.1, -0.05) is 52.9 Å². The van der Waals surface area contributed by atoms with Crippen molar-refractivity contribution in [3.8, 4) is 11.4 Å². The van der Waals surface area contributed by atoms with Gasteiger partial charge in [0.2, 0.25) is 5.13 Å². The molecule has 1 N–H and O–H groups in total. The Bertz CT molecular complexity index is 1120. The molecule has 152 valence electrons. The molecule has 0 aliphatic heterocycles. The van der Waals surface area contributed by atoms with Crippen molar-refractivity contribution in [1.29, 1.82) is 0 Å². The molecular formula is C18H14ClN7O2S2. The van der Waals surface area contributed by atoms with Crippen LogP contribution in [0.15, 0.2) is 59.2 Å². The fourth-order valence-corrected chi connectivity index (χ4v) is 4.41. The van der Waals surface area contributed by atoms with E-state index in [1.165, 1.54) is 34.1 Å². The average molecular weight is 460 g/mol. The number of thioether (sulfide) groups is 1. The molecule has 0 unspecified atom stereocenters. The predicted molar refractivity (Wildman–Crippen MR) is 114 cm³/mol. The lowest BCUT2D eigenvalue weighted by molar-refractivity contribution is -0.118. The Morgan fingerprint density at radius 1 is 1.17 bits per heavy atom. The van der Waals surface area contributed by atoms with Gasteiger partial charge < -0.3 is 4.74 Å². The first kappa shape index (κ1) is 20.3. The minimum atomic E-state index is -0.321. The summed E-state index contributed by atoms with van der Waals surface area (Å²) in [7, 11) is 0. The number of hydrogen-bond acceptors (Lipinski definition) is 9. The van der Waals surface area contributed by atoms with E-state index in [0.29, 0.717) is 21.7 Å². The number of carbonyl (C=O) groups excluding carboxylic acids is 1. The van der Waals surface area contributed by atoms with Gasteiger partial charge in [0.25, 0.3) is 5.91 Å². The highest BCUT2D eigenvalue weighted by Crippen LogP contribution is 2.30. The van der Waals surface area contributed by atoms with Crippen LogP contribution < -0.4 is 10.1 Å². The van der Waals surface area contributed by atoms with Gasteiger partial charge in [0, 0.05) is 10.8 Å². The normalized spacial score (nSPS) is 10.7. The molecule has 0 aliphatic rings. The quantitative estimate of drug-likeness (QED) is 0.315. The summed E-state index contributed by atoms with van der Waals surface area (Å²) in [6.45, 7) is -0.147. The zero-order valence-corrected chi connectivity index (χ0v) is 17.7. The highest BCUT2D eigenvalue weighted by Gasteiger charge is 2.10. The number of anilines is 1. The van der Waals surface area contributed by atoms with E-state index in [2.05, 4.69) is 31.0 Å². The maximum Gasteiger partial charge on any atom is 0.264 e. The van der Waals surface area contributed by atoms with Crippen molar-refractivity contribution < 1.29 is 9.53 Å². The molecule has 0 saturated heterocycles. The van der Waals surface area contributed by atoms with Gasteiger partial charge in [0.1, 0.15) is 12.1 Å². The minimum Gasteiger partial charge on any atom is -0.484 e. The van der Waals surface area contributed by atoms with Crippen LogP contribution in [0.2, 0.25) is 5.02 Å². The zero-order chi connectivity index (χ0) is 20.8. The van der Waals surface area contributed by atoms with E-state index < -0.39 is 0 Å². The van der Waals surface area contributed by atoms with E-state index in [1.807, 2.05) is 24.3 Å². The number of ether oxygens (including phenoxy) is 1. The summed E-state index contributed by atoms with van der Waals surface area (Å²) in [5.41, 5.74) is 1.80. The summed E-state index contributed by atoms with van der Waals surface area (Å²) in [6, 6.07) is 14.7. The lowest BCUT2D eigenvalue weighted by Crippen LogP contribution is -2.20. The monoisotopic (exact) mass is 459 g/mol. The number of benzene rings is 2. The molecule has 12 heteroatoms. The molecule has 0 spiro atoms. The first-order chi connectivity index (χ1) is 14.7. The fraction of sp³-hybridized carbons (Fsp3) is 0.111. The molecule has 2 aromatic heterocycles. The van der Waals surface area contributed by atoms with Crippen LogP contribution in [0.25, 0.3) is 5.69 Å². The topological polar surface area (TPSA) is 108 Å². The van der Waals surface area contributed by atoms with Crippen molar-refractivity contribution >= 4 is 45.7 Å². The Kier molecular flexibility index (Phi) is 6.52. The SMILES string of the molecule is O=C(COc1ccc(-n2cnnn2)cc1)Nc1nnc(SCc2ccccc2Cl)s1. The number of carbonyl (C=O) groups is 1. The minimum absolute atomic E-state index is 0.147. The van der Waals surface area contributed by atoms with Crippen molar-refractivity contribution in [2.75, 3.05) is 11.9 Å². The lowest BCUT2D eigenvalue weighted by atomic mass is 10.2. The van der Waals surface area contributed by atoms with Crippen molar-refractivity contribution in [3.05, 3.63) is 65.4 Å². The van der Waals surface area contributed by atoms with Crippen LogP contribution in [0.1, 0.15) is 5.56 Å². The molecule has 1 amide bonds. The maximum absolute atomic E-state index is 12.1. The van der Waals surface area contributed by atoms with E-state index >= 15 is 0 Å². The van der Waals surface area contributed by atoms with Crippen LogP contribution in [0.3, 0.4) is 0 Å². The van der Waals surface area contributed by atoms with Gasteiger partial charge in [-0.15, -0.1) is 15.3 Å². The van der Waals surface area contributed by atoms with Gasteiger partial charge in [-0.25, -0.2) is 4.68 Å². The molecule has 4 rings (SSSR count). The first-order valence-corrected chi connectivity index (χ1v) is 10.8. The molecule has 2 aromatic carbocycles. The number of halogens is 1. The van der Waals surface area contributed by atoms with Gasteiger partial charge in [-0.2, -0.15) is 0 Å². The summed E-state index contributed by atoms with van der Waals surface area (Å²) in [4.78, 5) is 12.1. The summed E-state index contributed by atoms with van der Waals surface area (Å²) in [5, 5.41) is 22.9. The number of nitrogens with one attached hydrogen (secondary N) is 1. The van der Waals surface area contributed by atoms with E-state index in [0.717, 1.165) is 15.6 Å². The van der Waals surface area contributed by atoms with Gasteiger partial charge in [-0.3, -0.25) is 10.1 Å². The Balaban J connectivity index is 1.25. The van der Waals surface area contributed by atoms with Crippen molar-refractivity contribution in [3.63, 3.8) is 0 Å². The van der Waals surface area contributed by atoms with Gasteiger partial charge >= 0.3 is 0 Å². The molecule has 4 aromatic rings. The largest absolute Gasteiger partial charge is 0.484 e. The molecule has 0 fully saturated rings. The Morgan fingerprint density at radius 3 is 2.77 bits per heavy atom. The second kappa shape index (κ2) is 9.65. The molecular weight excluding hydrogens is 446 g/mol. The number of rotatable bonds is 8. The molecule has 2 heterocycles. The van der Waals surface area contributed by atoms with Gasteiger partial charge in [0.05, 0.1) is 5.69 Å². The molecule has 0 radical (unpaired) electrons. The second-order valence-electron chi connectivity index (χ2n) is 5.84. The van der Waals surface area contributed by atoms with Gasteiger partial charge in [0.15, 0.2) is 10.9 Å². The van der Waals surface area contributed by atoms with Crippen LogP contribution in [-0.2, 0) is 10.5 Å². The standard InChI is InChI=1S/C18H14ClN7O2S2/c19-15-4-2-1-3-12(15)10-29-18-23-22-17(30-18)21-16(27)9-28-14-7-5-13(6-8-14)26-11-20-24-25-26/h1-8,11H,9-10H2,(H,21,22,27). The smallest absolute Gasteiger partial charge is 0.264 e. The van der Waals surface area contributed by atoms with E-state index in [1.54, 1.807) is 24.3 Å². The van der Waals surface area contributed by atoms with Crippen LogP contribution in [0.4, 0.5) is 5.13 Å². The van der Waals surface area contributed by atoms with Crippen molar-refractivity contribution in [2.24, 2.45) is 0 Å². The average Bonchev–Trinajstić information content (AvgIpc) is 3.44. The molecule has 0 atom stereocenters. The number of hydrogen-bond donors (Lipinski definition) is 1. The maximum atomic E-state index is 12.1. The van der Waals surface area contributed by atoms with Crippen LogP contribution in [0, 0.1) is 0 Å². The third kappa shape index (κ3) is 5.32. The van der Waals surface area contributed by atoms with Crippen molar-refractivity contribution in [2.45, 2.75) is 10.1 Å². The van der Waals surface area contributed by atoms with Crippen LogP contribution in [-0.4, -0.2) is 42.9 Å². The summed E-state index contributed by atoms with van der Waals surface area (Å²) < 4.78 is 7.76. The third-order valence-electron chi connectivity index (χ3n) is 3.78. The van der Waals surface area contributed by atoms with Crippen LogP contribution in [0.5, 0.6) is 5.75 Å². The molecule has 9 nitrogen and oxygen atoms in total. The predicted octanol–water partition coefficient (Wildman–Crippen LogP) is 3.48. The second-order valence-corrected chi connectivity index (χ2v) is 8.45. The third-order valence-corrected chi connectivity index (χ3v) is 6.17. The summed E-state index contributed by atoms with van der Waals surface area (Å²) in [5.74, 6) is 0.903. The molecule has 0 aliphatic carbocycles. The Hall–Kier alpha value is -3.02. The van der Waals surface area contributed by atoms with Crippen LogP contribution >= 0.6 is 34.7 Å². The number of aromatic nitrogens is 6. The molecule has 0 bridgehead atoms. The van der Waals surface area contributed by atoms with E-state index in [-0.39, 0.29) is 12.5 Å². The number of nitrogens with zero attached hydrogens (tertiary/aromatic N) is 6. The summed E-state index contributed by atoms with van der Waals surface area (Å²) >= 11 is 8.96. The zero-order valence-electron chi connectivity index (χ0n) is 15.3. The fourth-order valence-electron chi connectivity index (χ4n) is 2.35. The Labute approximate surface area is 184 Å². The first-order valence-electron chi connectivity index (χ1n) is 8.63. The lowest BCUT2D eigenvalue weighted by Gasteiger charge is -2.06. The van der Waals surface area contributed by atoms with E-state index in [9.17, 15) is 4.79 Å². The number of tetrazole rings is 1.